The van der Waals surface area contributed by atoms with Crippen molar-refractivity contribution < 1.29 is 23.9 Å². The molecule has 0 fully saturated rings. The molecule has 11 heteroatoms. The number of methoxy groups -OCH3 is 1. The van der Waals surface area contributed by atoms with Crippen LogP contribution in [0.1, 0.15) is 23.9 Å². The molecule has 0 radical (unpaired) electrons. The molecule has 2 N–H and O–H groups in total. The molecule has 0 aromatic carbocycles. The van der Waals surface area contributed by atoms with E-state index in [1.807, 2.05) is 0 Å². The zero-order valence-corrected chi connectivity index (χ0v) is 16.1. The Labute approximate surface area is 158 Å². The molecule has 1 unspecified atom stereocenters. The maximum absolute atomic E-state index is 12.0. The van der Waals surface area contributed by atoms with E-state index in [0.29, 0.717) is 22.1 Å². The standard InChI is InChI=1S/C15H18N4O5S2/c1-4-8-12(22)18-14(19-13(8)23)25-6-10(20)17-15-16-7(2)9(26-15)5-11(21)24-3/h8H,4-6H2,1-3H3,(H,16,17,20)(H,18,19,22,23). The highest BCUT2D eigenvalue weighted by Crippen LogP contribution is 2.23. The van der Waals surface area contributed by atoms with Gasteiger partial charge < -0.3 is 15.4 Å². The van der Waals surface area contributed by atoms with Gasteiger partial charge in [-0.3, -0.25) is 19.2 Å². The number of thioether (sulfide) groups is 1. The van der Waals surface area contributed by atoms with Gasteiger partial charge in [0.05, 0.1) is 25.0 Å². The topological polar surface area (TPSA) is 127 Å². The molecule has 9 nitrogen and oxygen atoms in total. The maximum Gasteiger partial charge on any atom is 0.310 e. The number of carbonyl (C=O) groups is 4. The summed E-state index contributed by atoms with van der Waals surface area (Å²) in [7, 11) is 1.30. The summed E-state index contributed by atoms with van der Waals surface area (Å²) in [5.74, 6) is -2.46. The second-order valence-corrected chi connectivity index (χ2v) is 7.37. The normalized spacial score (nSPS) is 16.7. The summed E-state index contributed by atoms with van der Waals surface area (Å²) in [6.45, 7) is 3.47. The number of aryl methyl sites for hydroxylation is 1. The SMILES string of the molecule is CCC1C(=O)N=C(SCC(=O)Nc2nc(C)c(CC(=O)OC)s2)NC1=O. The third kappa shape index (κ3) is 5.11. The third-order valence-corrected chi connectivity index (χ3v) is 5.42. The number of thiazole rings is 1. The van der Waals surface area contributed by atoms with Crippen LogP contribution in [0.4, 0.5) is 5.13 Å². The van der Waals surface area contributed by atoms with E-state index in [1.165, 1.54) is 18.4 Å². The second-order valence-electron chi connectivity index (χ2n) is 5.32. The van der Waals surface area contributed by atoms with Crippen molar-refractivity contribution in [1.29, 1.82) is 0 Å². The largest absolute Gasteiger partial charge is 0.469 e. The van der Waals surface area contributed by atoms with Gasteiger partial charge in [0.25, 0.3) is 5.91 Å². The van der Waals surface area contributed by atoms with Gasteiger partial charge >= 0.3 is 5.97 Å². The van der Waals surface area contributed by atoms with Crippen molar-refractivity contribution in [2.24, 2.45) is 10.9 Å². The van der Waals surface area contributed by atoms with Crippen molar-refractivity contribution in [2.45, 2.75) is 26.7 Å². The molecular formula is C15H18N4O5S2. The van der Waals surface area contributed by atoms with Crippen molar-refractivity contribution in [3.63, 3.8) is 0 Å². The fraction of sp³-hybridized carbons (Fsp3) is 0.467. The molecule has 0 aliphatic carbocycles. The lowest BCUT2D eigenvalue weighted by Gasteiger charge is -2.18. The molecule has 140 valence electrons. The number of carbonyl (C=O) groups excluding carboxylic acids is 4. The lowest BCUT2D eigenvalue weighted by atomic mass is 10.0. The van der Waals surface area contributed by atoms with E-state index in [-0.39, 0.29) is 29.2 Å². The molecule has 1 atom stereocenters. The van der Waals surface area contributed by atoms with Crippen LogP contribution < -0.4 is 10.6 Å². The molecule has 1 aromatic rings. The molecule has 0 saturated carbocycles. The van der Waals surface area contributed by atoms with Crippen LogP contribution in [0.3, 0.4) is 0 Å². The molecule has 0 saturated heterocycles. The van der Waals surface area contributed by atoms with E-state index in [1.54, 1.807) is 13.8 Å². The fourth-order valence-corrected chi connectivity index (χ4v) is 3.71. The highest BCUT2D eigenvalue weighted by atomic mass is 32.2. The molecule has 0 spiro atoms. The van der Waals surface area contributed by atoms with Crippen LogP contribution in [-0.2, 0) is 30.3 Å². The summed E-state index contributed by atoms with van der Waals surface area (Å²) < 4.78 is 4.61. The smallest absolute Gasteiger partial charge is 0.310 e. The van der Waals surface area contributed by atoms with Gasteiger partial charge in [0.15, 0.2) is 10.3 Å². The summed E-state index contributed by atoms with van der Waals surface area (Å²) >= 11 is 2.15. The van der Waals surface area contributed by atoms with Crippen LogP contribution in [0.25, 0.3) is 0 Å². The van der Waals surface area contributed by atoms with Crippen LogP contribution in [0, 0.1) is 12.8 Å². The number of nitrogens with zero attached hydrogens (tertiary/aromatic N) is 2. The van der Waals surface area contributed by atoms with Crippen molar-refractivity contribution in [1.82, 2.24) is 10.3 Å². The van der Waals surface area contributed by atoms with Crippen LogP contribution in [0.2, 0.25) is 0 Å². The van der Waals surface area contributed by atoms with Gasteiger partial charge in [-0.1, -0.05) is 18.7 Å². The first kappa shape index (κ1) is 20.0. The number of amidine groups is 1. The Morgan fingerprint density at radius 2 is 2.12 bits per heavy atom. The second kappa shape index (κ2) is 8.90. The number of nitrogens with one attached hydrogen (secondary N) is 2. The van der Waals surface area contributed by atoms with Gasteiger partial charge in [0.1, 0.15) is 5.92 Å². The zero-order valence-electron chi connectivity index (χ0n) is 14.5. The van der Waals surface area contributed by atoms with Crippen LogP contribution in [-0.4, -0.2) is 46.7 Å². The molecular weight excluding hydrogens is 380 g/mol. The van der Waals surface area contributed by atoms with Gasteiger partial charge in [-0.25, -0.2) is 4.98 Å². The quantitative estimate of drug-likeness (QED) is 0.538. The van der Waals surface area contributed by atoms with Gasteiger partial charge in [-0.2, -0.15) is 4.99 Å². The van der Waals surface area contributed by atoms with Crippen molar-refractivity contribution in [2.75, 3.05) is 18.2 Å². The summed E-state index contributed by atoms with van der Waals surface area (Å²) in [5.41, 5.74) is 0.642. The monoisotopic (exact) mass is 398 g/mol. The van der Waals surface area contributed by atoms with E-state index in [9.17, 15) is 19.2 Å². The Kier molecular flexibility index (Phi) is 6.86. The Bertz CT molecular complexity index is 774. The van der Waals surface area contributed by atoms with Gasteiger partial charge in [-0.15, -0.1) is 11.3 Å². The first-order chi connectivity index (χ1) is 12.3. The first-order valence-corrected chi connectivity index (χ1v) is 9.53. The maximum atomic E-state index is 12.0. The number of aromatic nitrogens is 1. The van der Waals surface area contributed by atoms with Crippen molar-refractivity contribution >= 4 is 57.1 Å². The molecule has 1 aliphatic rings. The van der Waals surface area contributed by atoms with E-state index < -0.39 is 17.7 Å². The van der Waals surface area contributed by atoms with Crippen LogP contribution in [0.15, 0.2) is 4.99 Å². The van der Waals surface area contributed by atoms with E-state index >= 15 is 0 Å². The number of anilines is 1. The molecule has 1 aromatic heterocycles. The number of esters is 1. The first-order valence-electron chi connectivity index (χ1n) is 7.73. The number of hydrogen-bond donors (Lipinski definition) is 2. The summed E-state index contributed by atoms with van der Waals surface area (Å²) in [5, 5.41) is 5.61. The summed E-state index contributed by atoms with van der Waals surface area (Å²) in [6, 6.07) is 0. The highest BCUT2D eigenvalue weighted by molar-refractivity contribution is 8.14. The van der Waals surface area contributed by atoms with E-state index in [4.69, 9.17) is 0 Å². The number of rotatable bonds is 6. The van der Waals surface area contributed by atoms with E-state index in [2.05, 4.69) is 25.3 Å². The molecule has 2 heterocycles. The molecule has 2 rings (SSSR count). The van der Waals surface area contributed by atoms with Crippen LogP contribution in [0.5, 0.6) is 0 Å². The average molecular weight is 398 g/mol. The van der Waals surface area contributed by atoms with Crippen LogP contribution >= 0.6 is 23.1 Å². The number of amides is 3. The van der Waals surface area contributed by atoms with Crippen molar-refractivity contribution in [3.05, 3.63) is 10.6 Å². The number of aliphatic imine (C=N–C) groups is 1. The molecule has 3 amide bonds. The van der Waals surface area contributed by atoms with Gasteiger partial charge in [-0.05, 0) is 13.3 Å². The summed E-state index contributed by atoms with van der Waals surface area (Å²) in [6.07, 6.45) is 0.470. The summed E-state index contributed by atoms with van der Waals surface area (Å²) in [4.78, 5) is 55.5. The zero-order chi connectivity index (χ0) is 19.3. The lowest BCUT2D eigenvalue weighted by Crippen LogP contribution is -2.42. The molecule has 1 aliphatic heterocycles. The average Bonchev–Trinajstić information content (AvgIpc) is 2.91. The fourth-order valence-electron chi connectivity index (χ4n) is 2.08. The number of hydrogen-bond acceptors (Lipinski definition) is 8. The Balaban J connectivity index is 1.90. The lowest BCUT2D eigenvalue weighted by molar-refractivity contribution is -0.140. The molecule has 26 heavy (non-hydrogen) atoms. The minimum Gasteiger partial charge on any atom is -0.469 e. The predicted molar refractivity (Wildman–Crippen MR) is 98.0 cm³/mol. The third-order valence-electron chi connectivity index (χ3n) is 3.48. The Hall–Kier alpha value is -2.27. The highest BCUT2D eigenvalue weighted by Gasteiger charge is 2.30. The minimum atomic E-state index is -0.764. The Morgan fingerprint density at radius 1 is 1.38 bits per heavy atom. The predicted octanol–water partition coefficient (Wildman–Crippen LogP) is 0.877. The minimum absolute atomic E-state index is 0.0475. The van der Waals surface area contributed by atoms with Gasteiger partial charge in [0.2, 0.25) is 11.8 Å². The number of ether oxygens (including phenoxy) is 1. The van der Waals surface area contributed by atoms with Crippen molar-refractivity contribution in [3.8, 4) is 0 Å². The molecule has 0 bridgehead atoms. The Morgan fingerprint density at radius 3 is 2.73 bits per heavy atom. The van der Waals surface area contributed by atoms with E-state index in [0.717, 1.165) is 11.8 Å². The van der Waals surface area contributed by atoms with Gasteiger partial charge in [0, 0.05) is 4.88 Å².